The quantitative estimate of drug-likeness (QED) is 0.890. The van der Waals surface area contributed by atoms with Crippen molar-refractivity contribution in [2.75, 3.05) is 13.6 Å². The molecule has 2 N–H and O–H groups in total. The summed E-state index contributed by atoms with van der Waals surface area (Å²) in [6, 6.07) is 3.46. The van der Waals surface area contributed by atoms with Crippen molar-refractivity contribution in [2.45, 2.75) is 31.1 Å². The molecule has 0 radical (unpaired) electrons. The summed E-state index contributed by atoms with van der Waals surface area (Å²) in [5.74, 6) is -0.313. The molecule has 1 aliphatic rings. The summed E-state index contributed by atoms with van der Waals surface area (Å²) in [4.78, 5) is 20.7. The van der Waals surface area contributed by atoms with Gasteiger partial charge in [0.25, 0.3) is 5.91 Å². The van der Waals surface area contributed by atoms with E-state index < -0.39 is 12.2 Å². The van der Waals surface area contributed by atoms with Gasteiger partial charge in [-0.25, -0.2) is 4.98 Å². The van der Waals surface area contributed by atoms with Crippen LogP contribution in [0.5, 0.6) is 0 Å². The minimum atomic E-state index is -4.23. The maximum absolute atomic E-state index is 12.8. The lowest BCUT2D eigenvalue weighted by atomic mass is 9.98. The maximum atomic E-state index is 12.8. The molecule has 1 aliphatic heterocycles. The van der Waals surface area contributed by atoms with Gasteiger partial charge in [-0.3, -0.25) is 9.69 Å². The molecule has 1 aromatic carbocycles. The fraction of sp³-hybridized carbons (Fsp3) is 0.467. The van der Waals surface area contributed by atoms with Crippen LogP contribution in [0.1, 0.15) is 23.2 Å². The average molecular weight is 326 g/mol. The van der Waals surface area contributed by atoms with Gasteiger partial charge in [0.1, 0.15) is 11.6 Å². The number of rotatable bonds is 2. The van der Waals surface area contributed by atoms with Gasteiger partial charge in [-0.15, -0.1) is 0 Å². The molecule has 8 heteroatoms. The molecule has 2 atom stereocenters. The van der Waals surface area contributed by atoms with Crippen LogP contribution in [-0.4, -0.2) is 52.6 Å². The molecule has 0 spiro atoms. The van der Waals surface area contributed by atoms with E-state index in [1.165, 1.54) is 18.3 Å². The number of likely N-dealkylation sites (tertiary alicyclic amines) is 1. The lowest BCUT2D eigenvalue weighted by Crippen LogP contribution is -2.54. The first kappa shape index (κ1) is 15.8. The second-order valence-electron chi connectivity index (χ2n) is 5.85. The summed E-state index contributed by atoms with van der Waals surface area (Å²) >= 11 is 0. The zero-order valence-electron chi connectivity index (χ0n) is 12.5. The Balaban J connectivity index is 1.69. The lowest BCUT2D eigenvalue weighted by Gasteiger charge is -2.38. The van der Waals surface area contributed by atoms with E-state index in [9.17, 15) is 18.0 Å². The van der Waals surface area contributed by atoms with Crippen LogP contribution in [0, 0.1) is 0 Å². The molecule has 0 bridgehead atoms. The number of nitrogens with one attached hydrogen (secondary N) is 2. The molecule has 124 valence electrons. The van der Waals surface area contributed by atoms with E-state index in [-0.39, 0.29) is 24.9 Å². The number of nitrogens with zero attached hydrogens (tertiary/aromatic N) is 2. The van der Waals surface area contributed by atoms with Gasteiger partial charge in [-0.05, 0) is 32.0 Å². The van der Waals surface area contributed by atoms with Gasteiger partial charge in [-0.2, -0.15) is 13.2 Å². The van der Waals surface area contributed by atoms with Gasteiger partial charge in [0.2, 0.25) is 0 Å². The number of imidazole rings is 1. The molecule has 0 saturated carbocycles. The van der Waals surface area contributed by atoms with Crippen molar-refractivity contribution in [3.63, 3.8) is 0 Å². The van der Waals surface area contributed by atoms with Crippen LogP contribution in [0.2, 0.25) is 0 Å². The molecule has 1 aromatic heterocycles. The van der Waals surface area contributed by atoms with E-state index >= 15 is 0 Å². The van der Waals surface area contributed by atoms with E-state index in [1.807, 2.05) is 0 Å². The Labute approximate surface area is 130 Å². The van der Waals surface area contributed by atoms with Crippen molar-refractivity contribution in [2.24, 2.45) is 0 Å². The van der Waals surface area contributed by atoms with E-state index in [0.29, 0.717) is 17.5 Å². The van der Waals surface area contributed by atoms with E-state index in [4.69, 9.17) is 0 Å². The van der Waals surface area contributed by atoms with E-state index in [1.54, 1.807) is 18.2 Å². The molecule has 0 aliphatic carbocycles. The number of aromatic amines is 1. The number of aromatic nitrogens is 2. The summed E-state index contributed by atoms with van der Waals surface area (Å²) < 4.78 is 38.5. The first-order chi connectivity index (χ1) is 10.9. The van der Waals surface area contributed by atoms with Gasteiger partial charge in [-0.1, -0.05) is 6.07 Å². The fourth-order valence-corrected chi connectivity index (χ4v) is 3.09. The summed E-state index contributed by atoms with van der Waals surface area (Å²) in [5, 5.41) is 2.82. The first-order valence-corrected chi connectivity index (χ1v) is 7.36. The van der Waals surface area contributed by atoms with Crippen LogP contribution in [-0.2, 0) is 0 Å². The number of para-hydroxylation sites is 1. The Morgan fingerprint density at radius 1 is 1.39 bits per heavy atom. The minimum Gasteiger partial charge on any atom is -0.348 e. The molecular formula is C15H17F3N4O. The molecule has 2 heterocycles. The Hall–Kier alpha value is -2.09. The van der Waals surface area contributed by atoms with Crippen LogP contribution in [0.4, 0.5) is 13.2 Å². The number of hydrogen-bond donors (Lipinski definition) is 2. The Kier molecular flexibility index (Phi) is 4.01. The predicted octanol–water partition coefficient (Wildman–Crippen LogP) is 2.32. The highest BCUT2D eigenvalue weighted by atomic mass is 19.4. The molecule has 2 unspecified atom stereocenters. The SMILES string of the molecule is CN1CC(NC(=O)c2cccc3[nH]cnc23)CCC1C(F)(F)F. The summed E-state index contributed by atoms with van der Waals surface area (Å²) in [6.45, 7) is 0.173. The largest absolute Gasteiger partial charge is 0.404 e. The summed E-state index contributed by atoms with van der Waals surface area (Å²) in [6.07, 6.45) is -2.44. The monoisotopic (exact) mass is 326 g/mol. The number of carbonyl (C=O) groups is 1. The van der Waals surface area contributed by atoms with Crippen LogP contribution in [0.3, 0.4) is 0 Å². The number of hydrogen-bond acceptors (Lipinski definition) is 3. The fourth-order valence-electron chi connectivity index (χ4n) is 3.09. The zero-order valence-corrected chi connectivity index (χ0v) is 12.5. The van der Waals surface area contributed by atoms with Crippen molar-refractivity contribution in [1.82, 2.24) is 20.2 Å². The van der Waals surface area contributed by atoms with Gasteiger partial charge in [0, 0.05) is 12.6 Å². The Morgan fingerprint density at radius 3 is 2.87 bits per heavy atom. The third-order valence-corrected chi connectivity index (χ3v) is 4.24. The van der Waals surface area contributed by atoms with Crippen molar-refractivity contribution in [1.29, 1.82) is 0 Å². The number of piperidine rings is 1. The number of fused-ring (bicyclic) bond motifs is 1. The van der Waals surface area contributed by atoms with Crippen LogP contribution in [0.25, 0.3) is 11.0 Å². The number of alkyl halides is 3. The maximum Gasteiger partial charge on any atom is 0.404 e. The highest BCUT2D eigenvalue weighted by Crippen LogP contribution is 2.31. The number of amides is 1. The van der Waals surface area contributed by atoms with Gasteiger partial charge in [0.15, 0.2) is 0 Å². The average Bonchev–Trinajstić information content (AvgIpc) is 2.94. The third kappa shape index (κ3) is 3.17. The number of halogens is 3. The number of likely N-dealkylation sites (N-methyl/N-ethyl adjacent to an activating group) is 1. The van der Waals surface area contributed by atoms with Crippen molar-refractivity contribution in [3.05, 3.63) is 30.1 Å². The molecule has 1 saturated heterocycles. The smallest absolute Gasteiger partial charge is 0.348 e. The van der Waals surface area contributed by atoms with E-state index in [2.05, 4.69) is 15.3 Å². The van der Waals surface area contributed by atoms with Crippen LogP contribution >= 0.6 is 0 Å². The molecule has 1 fully saturated rings. The zero-order chi connectivity index (χ0) is 16.6. The number of benzene rings is 1. The Morgan fingerprint density at radius 2 is 2.17 bits per heavy atom. The standard InChI is InChI=1S/C15H17F3N4O/c1-22-7-9(5-6-12(22)15(16,17)18)21-14(23)10-3-2-4-11-13(10)20-8-19-11/h2-4,8-9,12H,5-7H2,1H3,(H,19,20)(H,21,23). The summed E-state index contributed by atoms with van der Waals surface area (Å²) in [7, 11) is 1.44. The first-order valence-electron chi connectivity index (χ1n) is 7.36. The summed E-state index contributed by atoms with van der Waals surface area (Å²) in [5.41, 5.74) is 1.72. The Bertz CT molecular complexity index is 712. The number of H-pyrrole nitrogens is 1. The predicted molar refractivity (Wildman–Crippen MR) is 79.1 cm³/mol. The van der Waals surface area contributed by atoms with Crippen molar-refractivity contribution >= 4 is 16.9 Å². The lowest BCUT2D eigenvalue weighted by molar-refractivity contribution is -0.188. The third-order valence-electron chi connectivity index (χ3n) is 4.24. The van der Waals surface area contributed by atoms with Crippen molar-refractivity contribution in [3.8, 4) is 0 Å². The van der Waals surface area contributed by atoms with Crippen LogP contribution in [0.15, 0.2) is 24.5 Å². The molecule has 1 amide bonds. The molecule has 23 heavy (non-hydrogen) atoms. The molecular weight excluding hydrogens is 309 g/mol. The minimum absolute atomic E-state index is 0.0163. The molecule has 5 nitrogen and oxygen atoms in total. The topological polar surface area (TPSA) is 61.0 Å². The molecule has 3 rings (SSSR count). The number of carbonyl (C=O) groups excluding carboxylic acids is 1. The van der Waals surface area contributed by atoms with Crippen molar-refractivity contribution < 1.29 is 18.0 Å². The normalized spacial score (nSPS) is 23.1. The molecule has 2 aromatic rings. The highest BCUT2D eigenvalue weighted by Gasteiger charge is 2.44. The second kappa shape index (κ2) is 5.84. The van der Waals surface area contributed by atoms with Crippen LogP contribution < -0.4 is 5.32 Å². The second-order valence-corrected chi connectivity index (χ2v) is 5.85. The van der Waals surface area contributed by atoms with Gasteiger partial charge < -0.3 is 10.3 Å². The van der Waals surface area contributed by atoms with E-state index in [0.717, 1.165) is 5.52 Å². The van der Waals surface area contributed by atoms with Gasteiger partial charge in [0.05, 0.1) is 17.4 Å². The highest BCUT2D eigenvalue weighted by molar-refractivity contribution is 6.04. The van der Waals surface area contributed by atoms with Gasteiger partial charge >= 0.3 is 6.18 Å².